The maximum absolute atomic E-state index is 10.7. The topological polar surface area (TPSA) is 76.7 Å². The van der Waals surface area contributed by atoms with E-state index in [2.05, 4.69) is 15.1 Å². The summed E-state index contributed by atoms with van der Waals surface area (Å²) in [7, 11) is 2.92. The normalized spacial score (nSPS) is 11.4. The van der Waals surface area contributed by atoms with Gasteiger partial charge in [0.2, 0.25) is 5.71 Å². The van der Waals surface area contributed by atoms with Crippen LogP contribution in [0.25, 0.3) is 0 Å². The highest BCUT2D eigenvalue weighted by atomic mass is 16.6. The molecule has 0 bridgehead atoms. The number of nitrogens with zero attached hydrogens (tertiary/aromatic N) is 3. The molecule has 6 heteroatoms. The fourth-order valence-electron chi connectivity index (χ4n) is 0.893. The van der Waals surface area contributed by atoms with E-state index in [1.165, 1.54) is 18.0 Å². The van der Waals surface area contributed by atoms with E-state index in [0.29, 0.717) is 5.69 Å². The molecule has 70 valence electrons. The molecule has 1 N–H and O–H groups in total. The van der Waals surface area contributed by atoms with Gasteiger partial charge in [-0.05, 0) is 6.07 Å². The van der Waals surface area contributed by atoms with E-state index in [0.717, 1.165) is 0 Å². The van der Waals surface area contributed by atoms with Gasteiger partial charge < -0.3 is 9.94 Å². The van der Waals surface area contributed by atoms with Crippen LogP contribution in [-0.2, 0) is 16.7 Å². The predicted molar refractivity (Wildman–Crippen MR) is 44.4 cm³/mol. The average molecular weight is 183 g/mol. The lowest BCUT2D eigenvalue weighted by Crippen LogP contribution is -2.18. The summed E-state index contributed by atoms with van der Waals surface area (Å²) in [6.45, 7) is 0. The molecule has 1 heterocycles. The number of oxime groups is 1. The minimum atomic E-state index is -1.15. The Balaban J connectivity index is 3.10. The lowest BCUT2D eigenvalue weighted by atomic mass is 10.3. The van der Waals surface area contributed by atoms with Gasteiger partial charge in [-0.15, -0.1) is 0 Å². The second-order valence-corrected chi connectivity index (χ2v) is 2.27. The van der Waals surface area contributed by atoms with E-state index >= 15 is 0 Å². The lowest BCUT2D eigenvalue weighted by molar-refractivity contribution is -0.129. The van der Waals surface area contributed by atoms with Crippen molar-refractivity contribution in [2.24, 2.45) is 12.2 Å². The van der Waals surface area contributed by atoms with E-state index in [4.69, 9.17) is 5.11 Å². The van der Waals surface area contributed by atoms with Crippen molar-refractivity contribution >= 4 is 11.7 Å². The Kier molecular flexibility index (Phi) is 2.63. The molecule has 0 radical (unpaired) electrons. The minimum Gasteiger partial charge on any atom is -0.476 e. The first-order valence-corrected chi connectivity index (χ1v) is 3.49. The van der Waals surface area contributed by atoms with Gasteiger partial charge in [-0.25, -0.2) is 4.79 Å². The van der Waals surface area contributed by atoms with Crippen molar-refractivity contribution in [3.05, 3.63) is 18.0 Å². The van der Waals surface area contributed by atoms with E-state index in [1.54, 1.807) is 13.1 Å². The minimum absolute atomic E-state index is 0.164. The van der Waals surface area contributed by atoms with E-state index in [9.17, 15) is 4.79 Å². The van der Waals surface area contributed by atoms with Gasteiger partial charge in [-0.2, -0.15) is 5.10 Å². The molecular formula is C7H9N3O3. The Hall–Kier alpha value is -1.85. The number of hydrogen-bond acceptors (Lipinski definition) is 4. The largest absolute Gasteiger partial charge is 0.476 e. The van der Waals surface area contributed by atoms with Crippen molar-refractivity contribution < 1.29 is 14.7 Å². The van der Waals surface area contributed by atoms with E-state index < -0.39 is 5.97 Å². The third-order valence-electron chi connectivity index (χ3n) is 1.45. The molecule has 0 saturated heterocycles. The fourth-order valence-corrected chi connectivity index (χ4v) is 0.893. The predicted octanol–water partition coefficient (Wildman–Crippen LogP) is -0.145. The fraction of sp³-hybridized carbons (Fsp3) is 0.286. The van der Waals surface area contributed by atoms with Crippen LogP contribution >= 0.6 is 0 Å². The van der Waals surface area contributed by atoms with Crippen molar-refractivity contribution in [3.63, 3.8) is 0 Å². The zero-order chi connectivity index (χ0) is 9.84. The van der Waals surface area contributed by atoms with Crippen molar-refractivity contribution in [1.29, 1.82) is 0 Å². The number of carboxylic acids is 1. The Bertz CT molecular complexity index is 343. The van der Waals surface area contributed by atoms with Gasteiger partial charge in [0.25, 0.3) is 0 Å². The number of carboxylic acid groups (broad SMARTS) is 1. The molecule has 0 amide bonds. The molecule has 0 atom stereocenters. The average Bonchev–Trinajstić information content (AvgIpc) is 2.47. The van der Waals surface area contributed by atoms with E-state index in [-0.39, 0.29) is 5.71 Å². The first-order chi connectivity index (χ1) is 6.16. The summed E-state index contributed by atoms with van der Waals surface area (Å²) in [5.41, 5.74) is 0.233. The van der Waals surface area contributed by atoms with Gasteiger partial charge in [0.05, 0.1) is 5.69 Å². The number of rotatable bonds is 3. The molecule has 0 saturated carbocycles. The van der Waals surface area contributed by atoms with Gasteiger partial charge >= 0.3 is 5.97 Å². The van der Waals surface area contributed by atoms with Gasteiger partial charge in [-0.1, -0.05) is 5.16 Å². The molecular weight excluding hydrogens is 174 g/mol. The second-order valence-electron chi connectivity index (χ2n) is 2.27. The second kappa shape index (κ2) is 3.70. The Labute approximate surface area is 74.4 Å². The van der Waals surface area contributed by atoms with Crippen LogP contribution in [0.4, 0.5) is 0 Å². The smallest absolute Gasteiger partial charge is 0.360 e. The number of carbonyl (C=O) groups is 1. The summed E-state index contributed by atoms with van der Waals surface area (Å²) in [6, 6.07) is 1.55. The van der Waals surface area contributed by atoms with Gasteiger partial charge in [0.15, 0.2) is 0 Å². The van der Waals surface area contributed by atoms with Crippen LogP contribution < -0.4 is 0 Å². The Morgan fingerprint density at radius 2 is 2.46 bits per heavy atom. The molecule has 0 aliphatic rings. The van der Waals surface area contributed by atoms with Crippen molar-refractivity contribution in [1.82, 2.24) is 9.78 Å². The number of aromatic nitrogens is 2. The van der Waals surface area contributed by atoms with Crippen LogP contribution in [0.1, 0.15) is 5.69 Å². The van der Waals surface area contributed by atoms with Gasteiger partial charge in [-0.3, -0.25) is 4.68 Å². The van der Waals surface area contributed by atoms with Crippen LogP contribution in [0.5, 0.6) is 0 Å². The molecule has 6 nitrogen and oxygen atoms in total. The summed E-state index contributed by atoms with van der Waals surface area (Å²) in [5.74, 6) is -1.15. The molecule has 1 aromatic rings. The maximum Gasteiger partial charge on any atom is 0.360 e. The molecule has 0 spiro atoms. The maximum atomic E-state index is 10.7. The summed E-state index contributed by atoms with van der Waals surface area (Å²) in [4.78, 5) is 15.1. The zero-order valence-corrected chi connectivity index (χ0v) is 7.26. The Morgan fingerprint density at radius 1 is 1.77 bits per heavy atom. The third kappa shape index (κ3) is 1.84. The standard InChI is InChI=1S/C7H9N3O3/c1-10-5(3-4-8-10)6(7(11)12)9-13-2/h3-4H,1-2H3,(H,11,12). The zero-order valence-electron chi connectivity index (χ0n) is 7.26. The van der Waals surface area contributed by atoms with Crippen LogP contribution in [0.3, 0.4) is 0 Å². The highest BCUT2D eigenvalue weighted by Crippen LogP contribution is 2.00. The van der Waals surface area contributed by atoms with Crippen LogP contribution in [0, 0.1) is 0 Å². The number of aryl methyl sites for hydroxylation is 1. The molecule has 0 unspecified atom stereocenters. The Morgan fingerprint density at radius 3 is 2.85 bits per heavy atom. The van der Waals surface area contributed by atoms with Crippen molar-refractivity contribution in [2.75, 3.05) is 7.11 Å². The van der Waals surface area contributed by atoms with Crippen molar-refractivity contribution in [3.8, 4) is 0 Å². The number of aliphatic carboxylic acids is 1. The van der Waals surface area contributed by atoms with Crippen LogP contribution in [-0.4, -0.2) is 33.7 Å². The molecule has 0 aromatic carbocycles. The molecule has 1 rings (SSSR count). The highest BCUT2D eigenvalue weighted by Gasteiger charge is 2.16. The van der Waals surface area contributed by atoms with Crippen molar-refractivity contribution in [2.45, 2.75) is 0 Å². The number of hydrogen-bond donors (Lipinski definition) is 1. The van der Waals surface area contributed by atoms with Gasteiger partial charge in [0.1, 0.15) is 7.11 Å². The molecule has 13 heavy (non-hydrogen) atoms. The molecule has 0 fully saturated rings. The first kappa shape index (κ1) is 9.24. The van der Waals surface area contributed by atoms with Crippen LogP contribution in [0.2, 0.25) is 0 Å². The summed E-state index contributed by atoms with van der Waals surface area (Å²) in [5, 5.41) is 16.0. The quantitative estimate of drug-likeness (QED) is 0.522. The first-order valence-electron chi connectivity index (χ1n) is 3.49. The summed E-state index contributed by atoms with van der Waals surface area (Å²) >= 11 is 0. The monoisotopic (exact) mass is 183 g/mol. The highest BCUT2D eigenvalue weighted by molar-refractivity contribution is 6.41. The summed E-state index contributed by atoms with van der Waals surface area (Å²) < 4.78 is 1.41. The molecule has 1 aromatic heterocycles. The SMILES string of the molecule is CON=C(C(=O)O)c1ccnn1C. The summed E-state index contributed by atoms with van der Waals surface area (Å²) in [6.07, 6.45) is 1.49. The van der Waals surface area contributed by atoms with Gasteiger partial charge in [0, 0.05) is 13.2 Å². The lowest BCUT2D eigenvalue weighted by Gasteiger charge is -1.99. The molecule has 0 aliphatic heterocycles. The van der Waals surface area contributed by atoms with Crippen LogP contribution in [0.15, 0.2) is 17.4 Å². The molecule has 0 aliphatic carbocycles. The van der Waals surface area contributed by atoms with E-state index in [1.807, 2.05) is 0 Å². The third-order valence-corrected chi connectivity index (χ3v) is 1.45.